The van der Waals surface area contributed by atoms with Crippen LogP contribution in [-0.2, 0) is 27.0 Å². The summed E-state index contributed by atoms with van der Waals surface area (Å²) in [5.41, 5.74) is 7.93. The first-order chi connectivity index (χ1) is 18.7. The molecule has 4 N–H and O–H groups in total. The van der Waals surface area contributed by atoms with Gasteiger partial charge in [-0.2, -0.15) is 0 Å². The minimum atomic E-state index is -1.34. The SMILES string of the molecule is CS(=O)CC(=O)NC(CC(N)=O)c1ccc2ncnc(Nc3ccc(OCc4cccc(F)c4)c(Cl)c3)c2c1. The highest BCUT2D eigenvalue weighted by Crippen LogP contribution is 2.32. The third-order valence-corrected chi connectivity index (χ3v) is 6.58. The molecule has 4 aromatic rings. The van der Waals surface area contributed by atoms with Gasteiger partial charge in [0.1, 0.15) is 36.1 Å². The average molecular weight is 570 g/mol. The van der Waals surface area contributed by atoms with Crippen LogP contribution in [0.2, 0.25) is 5.02 Å². The molecular weight excluding hydrogens is 545 g/mol. The molecule has 4 rings (SSSR count). The molecule has 0 saturated heterocycles. The molecule has 12 heteroatoms. The molecule has 1 heterocycles. The smallest absolute Gasteiger partial charge is 0.233 e. The lowest BCUT2D eigenvalue weighted by molar-refractivity contribution is -0.120. The second kappa shape index (κ2) is 12.6. The molecular formula is C27H25ClFN5O4S. The molecule has 39 heavy (non-hydrogen) atoms. The summed E-state index contributed by atoms with van der Waals surface area (Å²) in [6, 6.07) is 15.7. The molecule has 0 saturated carbocycles. The first kappa shape index (κ1) is 27.9. The van der Waals surface area contributed by atoms with E-state index < -0.39 is 28.7 Å². The molecule has 0 spiro atoms. The Morgan fingerprint density at radius 2 is 1.95 bits per heavy atom. The fourth-order valence-electron chi connectivity index (χ4n) is 3.88. The van der Waals surface area contributed by atoms with Crippen molar-refractivity contribution in [2.75, 3.05) is 17.3 Å². The molecule has 0 bridgehead atoms. The van der Waals surface area contributed by atoms with E-state index in [2.05, 4.69) is 20.6 Å². The van der Waals surface area contributed by atoms with Gasteiger partial charge in [0.25, 0.3) is 0 Å². The number of halogens is 2. The van der Waals surface area contributed by atoms with Crippen molar-refractivity contribution in [2.24, 2.45) is 5.73 Å². The Bertz CT molecular complexity index is 1550. The van der Waals surface area contributed by atoms with Crippen LogP contribution in [0.4, 0.5) is 15.9 Å². The normalized spacial score (nSPS) is 12.5. The molecule has 0 aliphatic heterocycles. The van der Waals surface area contributed by atoms with E-state index in [0.717, 1.165) is 0 Å². The highest BCUT2D eigenvalue weighted by molar-refractivity contribution is 7.85. The Hall–Kier alpha value is -4.09. The number of nitrogens with zero attached hydrogens (tertiary/aromatic N) is 2. The number of hydrogen-bond donors (Lipinski definition) is 3. The molecule has 2 amide bonds. The number of carbonyl (C=O) groups is 2. The van der Waals surface area contributed by atoms with Gasteiger partial charge in [-0.15, -0.1) is 0 Å². The van der Waals surface area contributed by atoms with E-state index in [9.17, 15) is 18.2 Å². The summed E-state index contributed by atoms with van der Waals surface area (Å²) >= 11 is 6.43. The van der Waals surface area contributed by atoms with Crippen LogP contribution >= 0.6 is 11.6 Å². The van der Waals surface area contributed by atoms with Gasteiger partial charge in [0.05, 0.1) is 23.0 Å². The zero-order chi connectivity index (χ0) is 27.9. The predicted molar refractivity (Wildman–Crippen MR) is 149 cm³/mol. The van der Waals surface area contributed by atoms with Crippen molar-refractivity contribution in [1.82, 2.24) is 15.3 Å². The van der Waals surface area contributed by atoms with E-state index in [-0.39, 0.29) is 24.6 Å². The van der Waals surface area contributed by atoms with E-state index in [1.54, 1.807) is 48.5 Å². The minimum absolute atomic E-state index is 0.142. The van der Waals surface area contributed by atoms with Crippen LogP contribution < -0.4 is 21.1 Å². The fourth-order valence-corrected chi connectivity index (χ4v) is 4.57. The monoisotopic (exact) mass is 569 g/mol. The van der Waals surface area contributed by atoms with Gasteiger partial charge in [0.15, 0.2) is 0 Å². The molecule has 0 aliphatic carbocycles. The Labute approximate surface area is 231 Å². The molecule has 2 unspecified atom stereocenters. The van der Waals surface area contributed by atoms with Gasteiger partial charge in [-0.25, -0.2) is 14.4 Å². The van der Waals surface area contributed by atoms with Crippen molar-refractivity contribution in [1.29, 1.82) is 0 Å². The molecule has 0 radical (unpaired) electrons. The Kier molecular flexibility index (Phi) is 9.05. The number of ether oxygens (including phenoxy) is 1. The summed E-state index contributed by atoms with van der Waals surface area (Å²) in [6.45, 7) is 0.154. The number of carbonyl (C=O) groups excluding carboxylic acids is 2. The van der Waals surface area contributed by atoms with Crippen LogP contribution in [0, 0.1) is 5.82 Å². The van der Waals surface area contributed by atoms with Crippen LogP contribution in [0.1, 0.15) is 23.6 Å². The maximum absolute atomic E-state index is 13.4. The maximum atomic E-state index is 13.4. The number of rotatable bonds is 11. The van der Waals surface area contributed by atoms with Crippen LogP contribution in [0.5, 0.6) is 5.75 Å². The van der Waals surface area contributed by atoms with E-state index in [0.29, 0.717) is 44.3 Å². The highest BCUT2D eigenvalue weighted by atomic mass is 35.5. The van der Waals surface area contributed by atoms with Gasteiger partial charge in [0.2, 0.25) is 11.8 Å². The summed E-state index contributed by atoms with van der Waals surface area (Å²) < 4.78 is 30.6. The molecule has 9 nitrogen and oxygen atoms in total. The number of anilines is 2. The van der Waals surface area contributed by atoms with Crippen LogP contribution in [-0.4, -0.2) is 38.0 Å². The Morgan fingerprint density at radius 1 is 1.13 bits per heavy atom. The van der Waals surface area contributed by atoms with Crippen molar-refractivity contribution in [3.63, 3.8) is 0 Å². The molecule has 3 aromatic carbocycles. The van der Waals surface area contributed by atoms with Gasteiger partial charge < -0.3 is 21.1 Å². The summed E-state index contributed by atoms with van der Waals surface area (Å²) in [7, 11) is -1.34. The van der Waals surface area contributed by atoms with Crippen molar-refractivity contribution in [2.45, 2.75) is 19.1 Å². The molecule has 1 aromatic heterocycles. The highest BCUT2D eigenvalue weighted by Gasteiger charge is 2.19. The lowest BCUT2D eigenvalue weighted by Crippen LogP contribution is -2.34. The van der Waals surface area contributed by atoms with Crippen molar-refractivity contribution in [3.8, 4) is 5.75 Å². The van der Waals surface area contributed by atoms with Crippen LogP contribution in [0.25, 0.3) is 10.9 Å². The van der Waals surface area contributed by atoms with Gasteiger partial charge in [0, 0.05) is 28.1 Å². The van der Waals surface area contributed by atoms with Crippen molar-refractivity contribution in [3.05, 3.63) is 89.0 Å². The van der Waals surface area contributed by atoms with Gasteiger partial charge in [-0.05, 0) is 53.6 Å². The first-order valence-electron chi connectivity index (χ1n) is 11.7. The molecule has 202 valence electrons. The van der Waals surface area contributed by atoms with Crippen molar-refractivity contribution >= 4 is 56.6 Å². The lowest BCUT2D eigenvalue weighted by Gasteiger charge is -2.19. The minimum Gasteiger partial charge on any atom is -0.487 e. The molecule has 2 atom stereocenters. The van der Waals surface area contributed by atoms with Gasteiger partial charge in [-0.1, -0.05) is 29.8 Å². The Morgan fingerprint density at radius 3 is 2.67 bits per heavy atom. The second-order valence-corrected chi connectivity index (χ2v) is 10.5. The number of hydrogen-bond acceptors (Lipinski definition) is 7. The van der Waals surface area contributed by atoms with Crippen LogP contribution in [0.15, 0.2) is 67.0 Å². The largest absolute Gasteiger partial charge is 0.487 e. The predicted octanol–water partition coefficient (Wildman–Crippen LogP) is 4.16. The van der Waals surface area contributed by atoms with Crippen LogP contribution in [0.3, 0.4) is 0 Å². The number of aromatic nitrogens is 2. The van der Waals surface area contributed by atoms with Gasteiger partial charge >= 0.3 is 0 Å². The summed E-state index contributed by atoms with van der Waals surface area (Å²) in [5.74, 6) is -0.706. The number of nitrogens with one attached hydrogen (secondary N) is 2. The standard InChI is InChI=1S/C27H25ClFN5O4S/c1-39(37)14-26(36)34-23(12-25(30)35)17-5-7-22-20(10-17)27(32-15-31-22)33-19-6-8-24(21(28)11-19)38-13-16-3-2-4-18(29)9-16/h2-11,15,23H,12-14H2,1H3,(H2,30,35)(H,34,36)(H,31,32,33). The van der Waals surface area contributed by atoms with E-state index in [1.807, 2.05) is 0 Å². The summed E-state index contributed by atoms with van der Waals surface area (Å²) in [4.78, 5) is 32.6. The number of benzene rings is 3. The molecule has 0 aliphatic rings. The number of primary amides is 1. The van der Waals surface area contributed by atoms with Gasteiger partial charge in [-0.3, -0.25) is 13.8 Å². The summed E-state index contributed by atoms with van der Waals surface area (Å²) in [5, 5.41) is 6.90. The lowest BCUT2D eigenvalue weighted by atomic mass is 10.0. The van der Waals surface area contributed by atoms with Crippen molar-refractivity contribution < 1.29 is 22.9 Å². The average Bonchev–Trinajstić information content (AvgIpc) is 2.87. The maximum Gasteiger partial charge on any atom is 0.233 e. The fraction of sp³-hybridized carbons (Fsp3) is 0.185. The van der Waals surface area contributed by atoms with E-state index in [1.165, 1.54) is 24.7 Å². The quantitative estimate of drug-likeness (QED) is 0.247. The topological polar surface area (TPSA) is 136 Å². The number of nitrogens with two attached hydrogens (primary N) is 1. The third-order valence-electron chi connectivity index (χ3n) is 5.61. The summed E-state index contributed by atoms with van der Waals surface area (Å²) in [6.07, 6.45) is 2.68. The third kappa shape index (κ3) is 7.71. The second-order valence-electron chi connectivity index (χ2n) is 8.70. The zero-order valence-corrected chi connectivity index (χ0v) is 22.4. The number of amides is 2. The van der Waals surface area contributed by atoms with E-state index >= 15 is 0 Å². The number of fused-ring (bicyclic) bond motifs is 1. The zero-order valence-electron chi connectivity index (χ0n) is 20.8. The first-order valence-corrected chi connectivity index (χ1v) is 13.8. The molecule has 0 fully saturated rings. The van der Waals surface area contributed by atoms with E-state index in [4.69, 9.17) is 22.1 Å². The Balaban J connectivity index is 1.56.